The van der Waals surface area contributed by atoms with Gasteiger partial charge in [-0.15, -0.1) is 0 Å². The fourth-order valence-electron chi connectivity index (χ4n) is 2.22. The van der Waals surface area contributed by atoms with Gasteiger partial charge in [0.15, 0.2) is 0 Å². The molecule has 0 amide bonds. The van der Waals surface area contributed by atoms with Crippen LogP contribution in [0.1, 0.15) is 24.1 Å². The number of nitrogens with two attached hydrogens (primary N) is 1. The lowest BCUT2D eigenvalue weighted by atomic mass is 10.1. The van der Waals surface area contributed by atoms with Gasteiger partial charge < -0.3 is 5.73 Å². The highest BCUT2D eigenvalue weighted by molar-refractivity contribution is 5.41. The molecule has 1 unspecified atom stereocenters. The van der Waals surface area contributed by atoms with Gasteiger partial charge in [-0.05, 0) is 43.7 Å². The number of hydrogen-bond acceptors (Lipinski definition) is 2. The Kier molecular flexibility index (Phi) is 4.58. The van der Waals surface area contributed by atoms with Crippen LogP contribution in [0.3, 0.4) is 0 Å². The molecule has 0 radical (unpaired) electrons. The summed E-state index contributed by atoms with van der Waals surface area (Å²) in [7, 11) is 2.16. The number of anilines is 1. The molecule has 2 aromatic rings. The van der Waals surface area contributed by atoms with Crippen molar-refractivity contribution in [2.75, 3.05) is 19.3 Å². The van der Waals surface area contributed by atoms with Crippen molar-refractivity contribution in [1.29, 1.82) is 0 Å². The van der Waals surface area contributed by atoms with Crippen molar-refractivity contribution in [2.24, 2.45) is 0 Å². The van der Waals surface area contributed by atoms with Crippen LogP contribution in [0.15, 0.2) is 54.6 Å². The monoisotopic (exact) mass is 254 g/mol. The molecule has 0 saturated heterocycles. The minimum Gasteiger partial charge on any atom is -0.399 e. The van der Waals surface area contributed by atoms with Crippen LogP contribution in [-0.2, 0) is 6.42 Å². The van der Waals surface area contributed by atoms with Crippen LogP contribution in [-0.4, -0.2) is 18.5 Å². The molecule has 0 fully saturated rings. The molecule has 0 spiro atoms. The van der Waals surface area contributed by atoms with E-state index in [-0.39, 0.29) is 0 Å². The Morgan fingerprint density at radius 3 is 2.47 bits per heavy atom. The second kappa shape index (κ2) is 6.39. The maximum atomic E-state index is 5.84. The number of benzene rings is 2. The number of hydrogen-bond donors (Lipinski definition) is 1. The van der Waals surface area contributed by atoms with Gasteiger partial charge in [-0.1, -0.05) is 42.5 Å². The first-order valence-electron chi connectivity index (χ1n) is 6.76. The Balaban J connectivity index is 1.94. The van der Waals surface area contributed by atoms with Gasteiger partial charge in [-0.2, -0.15) is 0 Å². The zero-order valence-corrected chi connectivity index (χ0v) is 11.7. The van der Waals surface area contributed by atoms with Crippen molar-refractivity contribution in [2.45, 2.75) is 19.4 Å². The molecule has 0 bridgehead atoms. The van der Waals surface area contributed by atoms with E-state index >= 15 is 0 Å². The molecule has 0 saturated carbocycles. The average Bonchev–Trinajstić information content (AvgIpc) is 2.45. The molecule has 19 heavy (non-hydrogen) atoms. The van der Waals surface area contributed by atoms with Crippen molar-refractivity contribution in [3.8, 4) is 0 Å². The fraction of sp³-hybridized carbons (Fsp3) is 0.294. The minimum absolute atomic E-state index is 0.382. The maximum absolute atomic E-state index is 5.84. The predicted molar refractivity (Wildman–Crippen MR) is 82.0 cm³/mol. The average molecular weight is 254 g/mol. The zero-order valence-electron chi connectivity index (χ0n) is 11.7. The summed E-state index contributed by atoms with van der Waals surface area (Å²) in [5, 5.41) is 0. The van der Waals surface area contributed by atoms with E-state index < -0.39 is 0 Å². The van der Waals surface area contributed by atoms with Crippen LogP contribution in [0.25, 0.3) is 0 Å². The van der Waals surface area contributed by atoms with Crippen LogP contribution < -0.4 is 5.73 Å². The Morgan fingerprint density at radius 1 is 1.05 bits per heavy atom. The normalized spacial score (nSPS) is 12.6. The highest BCUT2D eigenvalue weighted by Gasteiger charge is 2.11. The van der Waals surface area contributed by atoms with E-state index in [0.717, 1.165) is 18.7 Å². The van der Waals surface area contributed by atoms with Crippen LogP contribution in [0.4, 0.5) is 5.69 Å². The molecule has 2 aromatic carbocycles. The third-order valence-corrected chi connectivity index (χ3v) is 3.65. The predicted octanol–water partition coefficient (Wildman–Crippen LogP) is 3.50. The summed E-state index contributed by atoms with van der Waals surface area (Å²) in [4.78, 5) is 2.36. The van der Waals surface area contributed by atoms with E-state index in [2.05, 4.69) is 61.3 Å². The van der Waals surface area contributed by atoms with Gasteiger partial charge in [0.05, 0.1) is 0 Å². The first-order valence-corrected chi connectivity index (χ1v) is 6.76. The Morgan fingerprint density at radius 2 is 1.79 bits per heavy atom. The van der Waals surface area contributed by atoms with Gasteiger partial charge >= 0.3 is 0 Å². The van der Waals surface area contributed by atoms with Gasteiger partial charge in [-0.3, -0.25) is 4.90 Å². The molecular weight excluding hydrogens is 232 g/mol. The quantitative estimate of drug-likeness (QED) is 0.827. The van der Waals surface area contributed by atoms with Crippen molar-refractivity contribution < 1.29 is 0 Å². The molecule has 2 heteroatoms. The molecule has 2 nitrogen and oxygen atoms in total. The molecule has 1 atom stereocenters. The SMILES string of the molecule is CC(c1cccc(N)c1)N(C)CCc1ccccc1. The number of rotatable bonds is 5. The second-order valence-corrected chi connectivity index (χ2v) is 5.06. The molecule has 0 aliphatic rings. The van der Waals surface area contributed by atoms with Gasteiger partial charge in [-0.25, -0.2) is 0 Å². The molecule has 0 aliphatic heterocycles. The molecule has 2 rings (SSSR count). The molecular formula is C17H22N2. The van der Waals surface area contributed by atoms with Gasteiger partial charge in [0.2, 0.25) is 0 Å². The Hall–Kier alpha value is -1.80. The van der Waals surface area contributed by atoms with E-state index in [1.54, 1.807) is 0 Å². The van der Waals surface area contributed by atoms with E-state index in [1.165, 1.54) is 11.1 Å². The first kappa shape index (κ1) is 13.6. The first-order chi connectivity index (χ1) is 9.16. The van der Waals surface area contributed by atoms with Gasteiger partial charge in [0.1, 0.15) is 0 Å². The van der Waals surface area contributed by atoms with E-state index in [9.17, 15) is 0 Å². The lowest BCUT2D eigenvalue weighted by Gasteiger charge is -2.25. The third-order valence-electron chi connectivity index (χ3n) is 3.65. The van der Waals surface area contributed by atoms with Crippen molar-refractivity contribution >= 4 is 5.69 Å². The van der Waals surface area contributed by atoms with E-state index in [1.807, 2.05) is 12.1 Å². The summed E-state index contributed by atoms with van der Waals surface area (Å²) >= 11 is 0. The topological polar surface area (TPSA) is 29.3 Å². The standard InChI is InChI=1S/C17H22N2/c1-14(16-9-6-10-17(18)13-16)19(2)12-11-15-7-4-3-5-8-15/h3-10,13-14H,11-12,18H2,1-2H3. The van der Waals surface area contributed by atoms with E-state index in [0.29, 0.717) is 6.04 Å². The fourth-order valence-corrected chi connectivity index (χ4v) is 2.22. The molecule has 0 aliphatic carbocycles. The summed E-state index contributed by atoms with van der Waals surface area (Å²) < 4.78 is 0. The van der Waals surface area contributed by atoms with Crippen molar-refractivity contribution in [3.63, 3.8) is 0 Å². The number of nitrogen functional groups attached to an aromatic ring is 1. The summed E-state index contributed by atoms with van der Waals surface area (Å²) in [6, 6.07) is 19.1. The summed E-state index contributed by atoms with van der Waals surface area (Å²) in [6.45, 7) is 3.26. The second-order valence-electron chi connectivity index (χ2n) is 5.06. The number of likely N-dealkylation sites (N-methyl/N-ethyl adjacent to an activating group) is 1. The van der Waals surface area contributed by atoms with Crippen LogP contribution in [0, 0.1) is 0 Å². The summed E-state index contributed by atoms with van der Waals surface area (Å²) in [5.74, 6) is 0. The zero-order chi connectivity index (χ0) is 13.7. The maximum Gasteiger partial charge on any atom is 0.0317 e. The molecule has 100 valence electrons. The van der Waals surface area contributed by atoms with Crippen molar-refractivity contribution in [3.05, 3.63) is 65.7 Å². The van der Waals surface area contributed by atoms with Gasteiger partial charge in [0.25, 0.3) is 0 Å². The van der Waals surface area contributed by atoms with Crippen LogP contribution in [0.5, 0.6) is 0 Å². The highest BCUT2D eigenvalue weighted by Crippen LogP contribution is 2.20. The Bertz CT molecular complexity index is 508. The highest BCUT2D eigenvalue weighted by atomic mass is 15.1. The van der Waals surface area contributed by atoms with E-state index in [4.69, 9.17) is 5.73 Å². The van der Waals surface area contributed by atoms with Crippen LogP contribution in [0.2, 0.25) is 0 Å². The smallest absolute Gasteiger partial charge is 0.0317 e. The molecule has 2 N–H and O–H groups in total. The Labute approximate surface area is 115 Å². The summed E-state index contributed by atoms with van der Waals surface area (Å²) in [5.41, 5.74) is 9.33. The minimum atomic E-state index is 0.382. The van der Waals surface area contributed by atoms with Crippen molar-refractivity contribution in [1.82, 2.24) is 4.90 Å². The summed E-state index contributed by atoms with van der Waals surface area (Å²) in [6.07, 6.45) is 1.07. The lowest BCUT2D eigenvalue weighted by Crippen LogP contribution is -2.24. The van der Waals surface area contributed by atoms with Gasteiger partial charge in [0, 0.05) is 18.3 Å². The molecule has 0 aromatic heterocycles. The number of nitrogens with zero attached hydrogens (tertiary/aromatic N) is 1. The third kappa shape index (κ3) is 3.83. The lowest BCUT2D eigenvalue weighted by molar-refractivity contribution is 0.265. The molecule has 0 heterocycles. The van der Waals surface area contributed by atoms with Crippen LogP contribution >= 0.6 is 0 Å². The largest absolute Gasteiger partial charge is 0.399 e.